The molecule has 3 aliphatic heterocycles. The highest BCUT2D eigenvalue weighted by molar-refractivity contribution is 6.05. The lowest BCUT2D eigenvalue weighted by Crippen LogP contribution is -2.59. The molecule has 3 heterocycles. The molecule has 3 aliphatic rings. The predicted octanol–water partition coefficient (Wildman–Crippen LogP) is 2.94. The van der Waals surface area contributed by atoms with Crippen LogP contribution in [0.1, 0.15) is 38.3 Å². The van der Waals surface area contributed by atoms with Crippen LogP contribution in [0, 0.1) is 31.6 Å². The van der Waals surface area contributed by atoms with Gasteiger partial charge in [-0.15, -0.1) is 6.58 Å². The van der Waals surface area contributed by atoms with E-state index in [0.717, 1.165) is 16.8 Å². The molecule has 0 aliphatic carbocycles. The molecule has 8 nitrogen and oxygen atoms in total. The number of hydrogen-bond acceptors (Lipinski definition) is 6. The first-order chi connectivity index (χ1) is 17.5. The molecule has 4 rings (SSSR count). The zero-order valence-corrected chi connectivity index (χ0v) is 22.4. The number of anilines is 1. The minimum absolute atomic E-state index is 0.0203. The molecule has 1 N–H and O–H groups in total. The number of benzene rings is 1. The van der Waals surface area contributed by atoms with E-state index >= 15 is 0 Å². The van der Waals surface area contributed by atoms with Crippen molar-refractivity contribution in [2.24, 2.45) is 17.8 Å². The number of ether oxygens (including phenoxy) is 2. The van der Waals surface area contributed by atoms with Crippen LogP contribution in [-0.2, 0) is 23.9 Å². The highest BCUT2D eigenvalue weighted by Gasteiger charge is 2.80. The Kier molecular flexibility index (Phi) is 7.12. The minimum Gasteiger partial charge on any atom is -0.461 e. The van der Waals surface area contributed by atoms with Crippen molar-refractivity contribution < 1.29 is 29.0 Å². The van der Waals surface area contributed by atoms with Gasteiger partial charge in [0.15, 0.2) is 0 Å². The van der Waals surface area contributed by atoms with E-state index in [0.29, 0.717) is 6.42 Å². The molecule has 8 heteroatoms. The summed E-state index contributed by atoms with van der Waals surface area (Å²) < 4.78 is 12.1. The Morgan fingerprint density at radius 2 is 1.95 bits per heavy atom. The lowest BCUT2D eigenvalue weighted by Gasteiger charge is -2.39. The maximum Gasteiger partial charge on any atom is 0.313 e. The van der Waals surface area contributed by atoms with E-state index in [9.17, 15) is 19.5 Å². The standard InChI is InChI=1S/C29H38N2O6/c1-8-13-30(23-17(3)11-10-12-18(23)4)26(34)24-29-15-19(5)28(7,37-29)22(27(35)36-14-9-2)21(29)25(33)31(24)20(6)16-32/h8-12,19-22,24,32H,1-2,13-16H2,3-7H3/t19?,20-,21+,22-,24?,28+,29?/m1/s1. The molecule has 0 aromatic heterocycles. The van der Waals surface area contributed by atoms with Gasteiger partial charge in [0.25, 0.3) is 5.91 Å². The fraction of sp³-hybridized carbons (Fsp3) is 0.552. The Morgan fingerprint density at radius 1 is 1.30 bits per heavy atom. The first kappa shape index (κ1) is 27.1. The molecule has 3 fully saturated rings. The molecule has 2 amide bonds. The molecule has 37 heavy (non-hydrogen) atoms. The predicted molar refractivity (Wildman–Crippen MR) is 140 cm³/mol. The molecule has 200 valence electrons. The number of amides is 2. The summed E-state index contributed by atoms with van der Waals surface area (Å²) in [7, 11) is 0. The van der Waals surface area contributed by atoms with Gasteiger partial charge < -0.3 is 24.4 Å². The third-order valence-electron chi connectivity index (χ3n) is 8.61. The summed E-state index contributed by atoms with van der Waals surface area (Å²) in [5.41, 5.74) is 0.397. The number of para-hydroxylation sites is 1. The molecule has 7 atom stereocenters. The summed E-state index contributed by atoms with van der Waals surface area (Å²) in [5.74, 6) is -3.08. The van der Waals surface area contributed by atoms with Crippen LogP contribution in [-0.4, -0.2) is 70.8 Å². The Labute approximate surface area is 218 Å². The zero-order chi connectivity index (χ0) is 27.3. The van der Waals surface area contributed by atoms with Crippen LogP contribution in [0.15, 0.2) is 43.5 Å². The third kappa shape index (κ3) is 3.84. The smallest absolute Gasteiger partial charge is 0.313 e. The van der Waals surface area contributed by atoms with Gasteiger partial charge in [-0.25, -0.2) is 0 Å². The van der Waals surface area contributed by atoms with Gasteiger partial charge in [0.05, 0.1) is 24.2 Å². The molecular weight excluding hydrogens is 472 g/mol. The van der Waals surface area contributed by atoms with Gasteiger partial charge in [-0.1, -0.05) is 43.9 Å². The Balaban J connectivity index is 1.88. The first-order valence-corrected chi connectivity index (χ1v) is 12.9. The molecule has 3 unspecified atom stereocenters. The number of aliphatic hydroxyl groups excluding tert-OH is 1. The van der Waals surface area contributed by atoms with E-state index in [1.54, 1.807) is 17.9 Å². The van der Waals surface area contributed by atoms with Crippen molar-refractivity contribution in [3.63, 3.8) is 0 Å². The summed E-state index contributed by atoms with van der Waals surface area (Å²) in [6, 6.07) is 4.14. The van der Waals surface area contributed by atoms with Gasteiger partial charge in [-0.3, -0.25) is 14.4 Å². The fourth-order valence-electron chi connectivity index (χ4n) is 6.91. The van der Waals surface area contributed by atoms with Crippen LogP contribution >= 0.6 is 0 Å². The van der Waals surface area contributed by atoms with Gasteiger partial charge in [-0.2, -0.15) is 0 Å². The Morgan fingerprint density at radius 3 is 2.51 bits per heavy atom. The second kappa shape index (κ2) is 9.72. The largest absolute Gasteiger partial charge is 0.461 e. The maximum absolute atomic E-state index is 14.6. The van der Waals surface area contributed by atoms with Crippen LogP contribution in [0.4, 0.5) is 5.69 Å². The lowest BCUT2D eigenvalue weighted by molar-refractivity contribution is -0.161. The van der Waals surface area contributed by atoms with Gasteiger partial charge in [0, 0.05) is 12.2 Å². The highest BCUT2D eigenvalue weighted by atomic mass is 16.6. The number of aryl methyl sites for hydroxylation is 2. The normalized spacial score (nSPS) is 32.7. The van der Waals surface area contributed by atoms with E-state index in [-0.39, 0.29) is 37.5 Å². The van der Waals surface area contributed by atoms with Crippen molar-refractivity contribution in [3.05, 3.63) is 54.6 Å². The molecule has 2 bridgehead atoms. The lowest BCUT2D eigenvalue weighted by atomic mass is 9.62. The zero-order valence-electron chi connectivity index (χ0n) is 22.4. The summed E-state index contributed by atoms with van der Waals surface area (Å²) in [4.78, 5) is 45.1. The molecule has 0 saturated carbocycles. The van der Waals surface area contributed by atoms with Crippen molar-refractivity contribution in [1.29, 1.82) is 0 Å². The maximum atomic E-state index is 14.6. The van der Waals surface area contributed by atoms with E-state index in [1.165, 1.54) is 11.0 Å². The average molecular weight is 511 g/mol. The van der Waals surface area contributed by atoms with Crippen LogP contribution < -0.4 is 4.90 Å². The van der Waals surface area contributed by atoms with Gasteiger partial charge in [0.2, 0.25) is 5.91 Å². The second-order valence-corrected chi connectivity index (χ2v) is 10.9. The number of nitrogens with zero attached hydrogens (tertiary/aromatic N) is 2. The van der Waals surface area contributed by atoms with E-state index in [1.807, 2.05) is 45.9 Å². The van der Waals surface area contributed by atoms with Crippen molar-refractivity contribution in [2.45, 2.75) is 64.3 Å². The average Bonchev–Trinajstić information content (AvgIpc) is 3.37. The number of hydrogen-bond donors (Lipinski definition) is 1. The van der Waals surface area contributed by atoms with Gasteiger partial charge in [-0.05, 0) is 51.2 Å². The molecule has 1 spiro atoms. The highest BCUT2D eigenvalue weighted by Crippen LogP contribution is 2.65. The van der Waals surface area contributed by atoms with E-state index in [4.69, 9.17) is 9.47 Å². The summed E-state index contributed by atoms with van der Waals surface area (Å²) >= 11 is 0. The fourth-order valence-corrected chi connectivity index (χ4v) is 6.91. The number of carbonyl (C=O) groups excluding carboxylic acids is 3. The van der Waals surface area contributed by atoms with E-state index < -0.39 is 41.1 Å². The first-order valence-electron chi connectivity index (χ1n) is 12.9. The van der Waals surface area contributed by atoms with Crippen LogP contribution in [0.3, 0.4) is 0 Å². The monoisotopic (exact) mass is 510 g/mol. The van der Waals surface area contributed by atoms with E-state index in [2.05, 4.69) is 13.2 Å². The van der Waals surface area contributed by atoms with Crippen molar-refractivity contribution in [1.82, 2.24) is 4.90 Å². The SMILES string of the molecule is C=CCOC(=O)[C@H]1[C@H]2C(=O)N([C@H](C)CO)C(C(=O)N(CC=C)c3c(C)cccc3C)C23CC(C)[C@]1(C)O3. The molecular formula is C29H38N2O6. The second-order valence-electron chi connectivity index (χ2n) is 10.9. The van der Waals surface area contributed by atoms with Crippen molar-refractivity contribution >= 4 is 23.5 Å². The summed E-state index contributed by atoms with van der Waals surface area (Å²) in [5, 5.41) is 10.1. The summed E-state index contributed by atoms with van der Waals surface area (Å²) in [6.45, 7) is 16.8. The number of likely N-dealkylation sites (tertiary alicyclic amines) is 1. The van der Waals surface area contributed by atoms with Gasteiger partial charge in [0.1, 0.15) is 24.2 Å². The topological polar surface area (TPSA) is 96.4 Å². The molecule has 1 aromatic carbocycles. The molecule has 0 radical (unpaired) electrons. The molecule has 1 aromatic rings. The minimum atomic E-state index is -1.22. The van der Waals surface area contributed by atoms with Crippen LogP contribution in [0.2, 0.25) is 0 Å². The number of aliphatic hydroxyl groups is 1. The number of rotatable bonds is 9. The van der Waals surface area contributed by atoms with Crippen molar-refractivity contribution in [3.8, 4) is 0 Å². The summed E-state index contributed by atoms with van der Waals surface area (Å²) in [6.07, 6.45) is 3.57. The van der Waals surface area contributed by atoms with Gasteiger partial charge >= 0.3 is 5.97 Å². The molecule has 3 saturated heterocycles. The number of carbonyl (C=O) groups is 3. The Hall–Kier alpha value is -2.97. The third-order valence-corrected chi connectivity index (χ3v) is 8.61. The van der Waals surface area contributed by atoms with Crippen molar-refractivity contribution in [2.75, 3.05) is 24.7 Å². The number of fused-ring (bicyclic) bond motifs is 1. The number of esters is 1. The van der Waals surface area contributed by atoms with Crippen LogP contribution in [0.5, 0.6) is 0 Å². The van der Waals surface area contributed by atoms with Crippen LogP contribution in [0.25, 0.3) is 0 Å². The quantitative estimate of drug-likeness (QED) is 0.405. The Bertz CT molecular complexity index is 1110.